The Balaban J connectivity index is 2.33. The molecule has 100 valence electrons. The van der Waals surface area contributed by atoms with Crippen molar-refractivity contribution >= 4 is 5.97 Å². The van der Waals surface area contributed by atoms with Gasteiger partial charge in [0.15, 0.2) is 0 Å². The van der Waals surface area contributed by atoms with Gasteiger partial charge in [-0.1, -0.05) is 38.5 Å². The number of carboxylic acids is 1. The Morgan fingerprint density at radius 1 is 1.44 bits per heavy atom. The van der Waals surface area contributed by atoms with Crippen LogP contribution in [0.25, 0.3) is 0 Å². The zero-order chi connectivity index (χ0) is 13.5. The van der Waals surface area contributed by atoms with E-state index < -0.39 is 5.97 Å². The van der Waals surface area contributed by atoms with Crippen molar-refractivity contribution in [3.05, 3.63) is 23.3 Å². The summed E-state index contributed by atoms with van der Waals surface area (Å²) in [6, 6.07) is 0. The first-order valence-corrected chi connectivity index (χ1v) is 6.98. The molecule has 0 unspecified atom stereocenters. The lowest BCUT2D eigenvalue weighted by atomic mass is 9.56. The third-order valence-electron chi connectivity index (χ3n) is 5.19. The number of aliphatic carboxylic acids is 1. The summed E-state index contributed by atoms with van der Waals surface area (Å²) in [4.78, 5) is 11.4. The van der Waals surface area contributed by atoms with Crippen molar-refractivity contribution in [1.82, 2.24) is 0 Å². The van der Waals surface area contributed by atoms with Gasteiger partial charge in [-0.2, -0.15) is 0 Å². The topological polar surface area (TPSA) is 37.3 Å². The molecule has 0 bridgehead atoms. The number of allylic oxidation sites excluding steroid dienone is 3. The van der Waals surface area contributed by atoms with Crippen molar-refractivity contribution in [1.29, 1.82) is 0 Å². The molecule has 2 aliphatic carbocycles. The Bertz CT molecular complexity index is 417. The zero-order valence-corrected chi connectivity index (χ0v) is 11.9. The Kier molecular flexibility index (Phi) is 3.39. The van der Waals surface area contributed by atoms with E-state index in [4.69, 9.17) is 0 Å². The Hall–Kier alpha value is -1.05. The molecule has 1 fully saturated rings. The summed E-state index contributed by atoms with van der Waals surface area (Å²) in [5.74, 6) is 1.10. The third kappa shape index (κ3) is 2.02. The number of rotatable bonds is 2. The van der Waals surface area contributed by atoms with E-state index in [-0.39, 0.29) is 5.41 Å². The molecule has 18 heavy (non-hydrogen) atoms. The van der Waals surface area contributed by atoms with Gasteiger partial charge < -0.3 is 5.11 Å². The van der Waals surface area contributed by atoms with Gasteiger partial charge in [-0.25, -0.2) is 4.79 Å². The maximum Gasteiger partial charge on any atom is 0.332 e. The van der Waals surface area contributed by atoms with Gasteiger partial charge in [-0.3, -0.25) is 0 Å². The molecule has 2 aliphatic rings. The molecule has 2 nitrogen and oxygen atoms in total. The van der Waals surface area contributed by atoms with Gasteiger partial charge in [-0.05, 0) is 43.9 Å². The fraction of sp³-hybridized carbons (Fsp3) is 0.688. The fourth-order valence-corrected chi connectivity index (χ4v) is 3.79. The quantitative estimate of drug-likeness (QED) is 0.801. The first-order valence-electron chi connectivity index (χ1n) is 6.98. The standard InChI is InChI=1S/C16H24O2/c1-10(2)12-7-8-16(4)13(15(17)18)6-5-11(3)14(16)9-12/h5-6,10,12,14H,7-9H2,1-4H3,(H,17,18)/t12-,14+,16+/m1/s1. The molecule has 0 heterocycles. The molecule has 1 saturated carbocycles. The molecule has 0 aromatic rings. The number of hydrogen-bond acceptors (Lipinski definition) is 1. The molecular weight excluding hydrogens is 224 g/mol. The molecule has 0 saturated heterocycles. The zero-order valence-electron chi connectivity index (χ0n) is 11.9. The summed E-state index contributed by atoms with van der Waals surface area (Å²) in [6.45, 7) is 8.86. The molecule has 3 atom stereocenters. The lowest BCUT2D eigenvalue weighted by molar-refractivity contribution is -0.134. The number of carbonyl (C=O) groups is 1. The van der Waals surface area contributed by atoms with Gasteiger partial charge in [0, 0.05) is 11.0 Å². The van der Waals surface area contributed by atoms with Crippen LogP contribution in [0, 0.1) is 23.2 Å². The van der Waals surface area contributed by atoms with E-state index in [0.717, 1.165) is 25.2 Å². The molecule has 1 N–H and O–H groups in total. The minimum Gasteiger partial charge on any atom is -0.478 e. The fourth-order valence-electron chi connectivity index (χ4n) is 3.79. The van der Waals surface area contributed by atoms with E-state index in [0.29, 0.717) is 17.4 Å². The second kappa shape index (κ2) is 4.56. The smallest absolute Gasteiger partial charge is 0.332 e. The number of fused-ring (bicyclic) bond motifs is 1. The summed E-state index contributed by atoms with van der Waals surface area (Å²) in [5, 5.41) is 9.41. The number of hydrogen-bond donors (Lipinski definition) is 1. The van der Waals surface area contributed by atoms with Crippen molar-refractivity contribution in [2.24, 2.45) is 23.2 Å². The lowest BCUT2D eigenvalue weighted by Gasteiger charge is -2.48. The van der Waals surface area contributed by atoms with Gasteiger partial charge in [0.05, 0.1) is 0 Å². The Morgan fingerprint density at radius 2 is 2.11 bits per heavy atom. The van der Waals surface area contributed by atoms with Crippen molar-refractivity contribution in [2.45, 2.75) is 47.0 Å². The van der Waals surface area contributed by atoms with Crippen LogP contribution in [-0.2, 0) is 4.79 Å². The second-order valence-corrected chi connectivity index (χ2v) is 6.54. The summed E-state index contributed by atoms with van der Waals surface area (Å²) in [5.41, 5.74) is 1.81. The Labute approximate surface area is 110 Å². The molecule has 0 aromatic carbocycles. The first-order chi connectivity index (χ1) is 8.36. The summed E-state index contributed by atoms with van der Waals surface area (Å²) in [6.07, 6.45) is 7.13. The van der Waals surface area contributed by atoms with E-state index in [1.54, 1.807) is 0 Å². The monoisotopic (exact) mass is 248 g/mol. The number of carboxylic acid groups (broad SMARTS) is 1. The minimum absolute atomic E-state index is 0.157. The SMILES string of the molecule is CC1=CC=C(C(=O)O)[C@]2(C)CC[C@@H](C(C)C)C[C@@H]12. The van der Waals surface area contributed by atoms with Crippen LogP contribution < -0.4 is 0 Å². The van der Waals surface area contributed by atoms with Crippen molar-refractivity contribution in [2.75, 3.05) is 0 Å². The van der Waals surface area contributed by atoms with E-state index in [2.05, 4.69) is 27.7 Å². The highest BCUT2D eigenvalue weighted by molar-refractivity contribution is 5.89. The maximum atomic E-state index is 11.4. The average Bonchev–Trinajstić information content (AvgIpc) is 2.27. The van der Waals surface area contributed by atoms with Crippen LogP contribution in [0.2, 0.25) is 0 Å². The lowest BCUT2D eigenvalue weighted by Crippen LogP contribution is -2.41. The van der Waals surface area contributed by atoms with Crippen LogP contribution in [0.15, 0.2) is 23.3 Å². The maximum absolute atomic E-state index is 11.4. The normalized spacial score (nSPS) is 35.8. The Morgan fingerprint density at radius 3 is 2.67 bits per heavy atom. The average molecular weight is 248 g/mol. The second-order valence-electron chi connectivity index (χ2n) is 6.54. The van der Waals surface area contributed by atoms with Gasteiger partial charge in [0.25, 0.3) is 0 Å². The van der Waals surface area contributed by atoms with Gasteiger partial charge >= 0.3 is 5.97 Å². The molecule has 0 amide bonds. The molecule has 0 spiro atoms. The summed E-state index contributed by atoms with van der Waals surface area (Å²) in [7, 11) is 0. The van der Waals surface area contributed by atoms with Crippen LogP contribution in [-0.4, -0.2) is 11.1 Å². The predicted octanol–water partition coefficient (Wildman–Crippen LogP) is 4.04. The summed E-state index contributed by atoms with van der Waals surface area (Å²) < 4.78 is 0. The molecule has 0 radical (unpaired) electrons. The molecular formula is C16H24O2. The molecule has 2 heteroatoms. The van der Waals surface area contributed by atoms with Crippen molar-refractivity contribution in [3.63, 3.8) is 0 Å². The third-order valence-corrected chi connectivity index (χ3v) is 5.19. The van der Waals surface area contributed by atoms with Crippen LogP contribution in [0.5, 0.6) is 0 Å². The van der Waals surface area contributed by atoms with E-state index >= 15 is 0 Å². The minimum atomic E-state index is -0.741. The summed E-state index contributed by atoms with van der Waals surface area (Å²) >= 11 is 0. The van der Waals surface area contributed by atoms with Crippen LogP contribution in [0.1, 0.15) is 47.0 Å². The highest BCUT2D eigenvalue weighted by atomic mass is 16.4. The highest BCUT2D eigenvalue weighted by Gasteiger charge is 2.46. The van der Waals surface area contributed by atoms with Crippen LogP contribution in [0.4, 0.5) is 0 Å². The van der Waals surface area contributed by atoms with Crippen molar-refractivity contribution in [3.8, 4) is 0 Å². The highest BCUT2D eigenvalue weighted by Crippen LogP contribution is 2.54. The molecule has 0 aromatic heterocycles. The molecule has 2 rings (SSSR count). The van der Waals surface area contributed by atoms with Gasteiger partial charge in [0.1, 0.15) is 0 Å². The predicted molar refractivity (Wildman–Crippen MR) is 73.3 cm³/mol. The van der Waals surface area contributed by atoms with E-state index in [9.17, 15) is 9.90 Å². The van der Waals surface area contributed by atoms with Crippen molar-refractivity contribution < 1.29 is 9.90 Å². The first kappa shape index (κ1) is 13.4. The van der Waals surface area contributed by atoms with E-state index in [1.807, 2.05) is 12.2 Å². The van der Waals surface area contributed by atoms with Gasteiger partial charge in [0.2, 0.25) is 0 Å². The largest absolute Gasteiger partial charge is 0.478 e. The van der Waals surface area contributed by atoms with E-state index in [1.165, 1.54) is 5.57 Å². The van der Waals surface area contributed by atoms with Crippen LogP contribution in [0.3, 0.4) is 0 Å². The van der Waals surface area contributed by atoms with Crippen LogP contribution >= 0.6 is 0 Å². The molecule has 0 aliphatic heterocycles. The van der Waals surface area contributed by atoms with Gasteiger partial charge in [-0.15, -0.1) is 0 Å².